The lowest BCUT2D eigenvalue weighted by molar-refractivity contribution is -0.143. The van der Waals surface area contributed by atoms with Gasteiger partial charge in [-0.15, -0.1) is 0 Å². The zero-order valence-corrected chi connectivity index (χ0v) is 17.5. The number of amides is 1. The summed E-state index contributed by atoms with van der Waals surface area (Å²) < 4.78 is 15.4. The summed E-state index contributed by atoms with van der Waals surface area (Å²) in [4.78, 5) is 39.2. The Bertz CT molecular complexity index is 881. The first-order valence-corrected chi connectivity index (χ1v) is 9.51. The fourth-order valence-corrected chi connectivity index (χ4v) is 2.78. The lowest BCUT2D eigenvalue weighted by Crippen LogP contribution is -2.45. The molecule has 1 heterocycles. The monoisotopic (exact) mass is 404 g/mol. The van der Waals surface area contributed by atoms with Gasteiger partial charge in [-0.3, -0.25) is 4.79 Å². The molecule has 0 spiro atoms. The maximum atomic E-state index is 12.2. The van der Waals surface area contributed by atoms with Crippen LogP contribution < -0.4 is 10.1 Å². The molecule has 1 amide bonds. The molecule has 0 aliphatic rings. The summed E-state index contributed by atoms with van der Waals surface area (Å²) in [6.07, 6.45) is 2.25. The van der Waals surface area contributed by atoms with Crippen molar-refractivity contribution in [2.45, 2.75) is 58.6 Å². The second-order valence-electron chi connectivity index (χ2n) is 7.67. The van der Waals surface area contributed by atoms with Gasteiger partial charge in [0.25, 0.3) is 0 Å². The number of ether oxygens (including phenoxy) is 3. The van der Waals surface area contributed by atoms with Crippen LogP contribution in [0.4, 0.5) is 4.79 Å². The molecule has 2 aromatic rings. The van der Waals surface area contributed by atoms with Gasteiger partial charge in [0.05, 0.1) is 7.11 Å². The molecule has 8 nitrogen and oxygen atoms in total. The molecule has 0 fully saturated rings. The molecule has 1 aromatic carbocycles. The number of alkyl carbamates (subject to hydrolysis) is 1. The topological polar surface area (TPSA) is 107 Å². The summed E-state index contributed by atoms with van der Waals surface area (Å²) in [6, 6.07) is 4.30. The highest BCUT2D eigenvalue weighted by molar-refractivity contribution is 5.87. The van der Waals surface area contributed by atoms with Crippen LogP contribution in [-0.2, 0) is 25.5 Å². The van der Waals surface area contributed by atoms with Gasteiger partial charge >= 0.3 is 18.0 Å². The Morgan fingerprint density at radius 1 is 1.21 bits per heavy atom. The normalized spacial score (nSPS) is 12.3. The maximum absolute atomic E-state index is 12.2. The van der Waals surface area contributed by atoms with Gasteiger partial charge in [-0.05, 0) is 51.0 Å². The van der Waals surface area contributed by atoms with E-state index in [1.54, 1.807) is 45.2 Å². The smallest absolute Gasteiger partial charge is 0.408 e. The Morgan fingerprint density at radius 2 is 1.93 bits per heavy atom. The minimum atomic E-state index is -0.930. The number of esters is 2. The second kappa shape index (κ2) is 9.45. The lowest BCUT2D eigenvalue weighted by atomic mass is 10.0. The fourth-order valence-electron chi connectivity index (χ4n) is 2.78. The quantitative estimate of drug-likeness (QED) is 0.540. The summed E-state index contributed by atoms with van der Waals surface area (Å²) >= 11 is 0. The maximum Gasteiger partial charge on any atom is 0.408 e. The van der Waals surface area contributed by atoms with Gasteiger partial charge in [0.2, 0.25) is 0 Å². The molecule has 158 valence electrons. The largest absolute Gasteiger partial charge is 0.467 e. The molecule has 2 rings (SSSR count). The number of carbonyl (C=O) groups excluding carboxylic acids is 3. The summed E-state index contributed by atoms with van der Waals surface area (Å²) in [7, 11) is 1.26. The predicted octanol–water partition coefficient (Wildman–Crippen LogP) is 3.48. The zero-order valence-electron chi connectivity index (χ0n) is 17.5. The summed E-state index contributed by atoms with van der Waals surface area (Å²) in [6.45, 7) is 7.11. The number of methoxy groups -OCH3 is 1. The van der Waals surface area contributed by atoms with Gasteiger partial charge in [-0.25, -0.2) is 9.59 Å². The van der Waals surface area contributed by atoms with E-state index in [1.165, 1.54) is 7.11 Å². The minimum Gasteiger partial charge on any atom is -0.467 e. The highest BCUT2D eigenvalue weighted by atomic mass is 16.6. The summed E-state index contributed by atoms with van der Waals surface area (Å²) in [5.41, 5.74) is 0.888. The molecule has 8 heteroatoms. The average Bonchev–Trinajstić information content (AvgIpc) is 3.01. The second-order valence-corrected chi connectivity index (χ2v) is 7.67. The van der Waals surface area contributed by atoms with Crippen molar-refractivity contribution < 1.29 is 28.6 Å². The number of benzene rings is 1. The van der Waals surface area contributed by atoms with E-state index in [-0.39, 0.29) is 12.4 Å². The third-order valence-electron chi connectivity index (χ3n) is 4.03. The van der Waals surface area contributed by atoms with Crippen LogP contribution in [0.1, 0.15) is 46.1 Å². The van der Waals surface area contributed by atoms with Crippen LogP contribution in [0.15, 0.2) is 24.4 Å². The fraction of sp³-hybridized carbons (Fsp3) is 0.476. The number of carbonyl (C=O) groups is 3. The van der Waals surface area contributed by atoms with Gasteiger partial charge in [0, 0.05) is 29.9 Å². The van der Waals surface area contributed by atoms with Crippen molar-refractivity contribution in [2.75, 3.05) is 7.11 Å². The molecule has 29 heavy (non-hydrogen) atoms. The summed E-state index contributed by atoms with van der Waals surface area (Å²) in [5.74, 6) is -0.467. The van der Waals surface area contributed by atoms with Gasteiger partial charge in [-0.1, -0.05) is 6.92 Å². The molecule has 0 radical (unpaired) electrons. The van der Waals surface area contributed by atoms with Crippen LogP contribution in [-0.4, -0.2) is 41.8 Å². The van der Waals surface area contributed by atoms with Crippen LogP contribution in [0.5, 0.6) is 5.75 Å². The van der Waals surface area contributed by atoms with Crippen molar-refractivity contribution in [1.29, 1.82) is 0 Å². The highest BCUT2D eigenvalue weighted by Gasteiger charge is 2.26. The molecule has 1 aromatic heterocycles. The number of hydrogen-bond donors (Lipinski definition) is 2. The van der Waals surface area contributed by atoms with E-state index in [9.17, 15) is 14.4 Å². The molecular weight excluding hydrogens is 376 g/mol. The van der Waals surface area contributed by atoms with Crippen molar-refractivity contribution in [3.8, 4) is 5.75 Å². The molecule has 0 aliphatic heterocycles. The van der Waals surface area contributed by atoms with Gasteiger partial charge in [0.1, 0.15) is 17.4 Å². The van der Waals surface area contributed by atoms with E-state index in [4.69, 9.17) is 14.2 Å². The number of rotatable bonds is 7. The van der Waals surface area contributed by atoms with E-state index in [0.29, 0.717) is 18.6 Å². The number of hydrogen-bond acceptors (Lipinski definition) is 6. The van der Waals surface area contributed by atoms with Crippen molar-refractivity contribution >= 4 is 28.9 Å². The van der Waals surface area contributed by atoms with E-state index < -0.39 is 23.7 Å². The van der Waals surface area contributed by atoms with E-state index in [2.05, 4.69) is 10.3 Å². The predicted molar refractivity (Wildman–Crippen MR) is 108 cm³/mol. The van der Waals surface area contributed by atoms with Crippen molar-refractivity contribution in [1.82, 2.24) is 10.3 Å². The van der Waals surface area contributed by atoms with E-state index in [1.807, 2.05) is 6.92 Å². The Hall–Kier alpha value is -3.03. The van der Waals surface area contributed by atoms with Gasteiger partial charge in [0.15, 0.2) is 0 Å². The van der Waals surface area contributed by atoms with Crippen LogP contribution in [0.25, 0.3) is 10.9 Å². The van der Waals surface area contributed by atoms with Crippen molar-refractivity contribution in [3.05, 3.63) is 30.0 Å². The molecule has 1 atom stereocenters. The van der Waals surface area contributed by atoms with Crippen LogP contribution in [0.3, 0.4) is 0 Å². The Kier molecular flexibility index (Phi) is 7.25. The minimum absolute atomic E-state index is 0.179. The van der Waals surface area contributed by atoms with Crippen molar-refractivity contribution in [3.63, 3.8) is 0 Å². The zero-order chi connectivity index (χ0) is 21.6. The molecular formula is C21H28N2O6. The first-order valence-electron chi connectivity index (χ1n) is 9.51. The molecule has 0 saturated carbocycles. The van der Waals surface area contributed by atoms with Gasteiger partial charge < -0.3 is 24.5 Å². The van der Waals surface area contributed by atoms with Crippen LogP contribution in [0.2, 0.25) is 0 Å². The third kappa shape index (κ3) is 6.51. The van der Waals surface area contributed by atoms with Gasteiger partial charge in [-0.2, -0.15) is 0 Å². The van der Waals surface area contributed by atoms with Crippen LogP contribution in [0, 0.1) is 0 Å². The SMILES string of the molecule is CCCC(=O)Oc1ccc2[nH]cc(C[C@H](NC(=O)OC(C)(C)C)C(=O)OC)c2c1. The Labute approximate surface area is 169 Å². The number of nitrogens with one attached hydrogen (secondary N) is 2. The number of aromatic nitrogens is 1. The van der Waals surface area contributed by atoms with Crippen molar-refractivity contribution in [2.24, 2.45) is 0 Å². The lowest BCUT2D eigenvalue weighted by Gasteiger charge is -2.22. The van der Waals surface area contributed by atoms with Crippen LogP contribution >= 0.6 is 0 Å². The first kappa shape index (κ1) is 22.3. The molecule has 0 unspecified atom stereocenters. The Morgan fingerprint density at radius 3 is 2.55 bits per heavy atom. The standard InChI is InChI=1S/C21H28N2O6/c1-6-7-18(24)28-14-8-9-16-15(11-14)13(12-22-16)10-17(19(25)27-5)23-20(26)29-21(2,3)4/h8-9,11-12,17,22H,6-7,10H2,1-5H3,(H,23,26)/t17-/m0/s1. The average molecular weight is 404 g/mol. The first-order chi connectivity index (χ1) is 13.6. The molecule has 2 N–H and O–H groups in total. The Balaban J connectivity index is 2.22. The molecule has 0 saturated heterocycles. The number of H-pyrrole nitrogens is 1. The third-order valence-corrected chi connectivity index (χ3v) is 4.03. The number of aromatic amines is 1. The molecule has 0 bridgehead atoms. The number of fused-ring (bicyclic) bond motifs is 1. The highest BCUT2D eigenvalue weighted by Crippen LogP contribution is 2.25. The molecule has 0 aliphatic carbocycles. The van der Waals surface area contributed by atoms with E-state index in [0.717, 1.165) is 16.5 Å². The summed E-state index contributed by atoms with van der Waals surface area (Å²) in [5, 5.41) is 3.34. The van der Waals surface area contributed by atoms with E-state index >= 15 is 0 Å².